The van der Waals surface area contributed by atoms with Crippen molar-refractivity contribution < 1.29 is 33.3 Å². The number of nitrogens with one attached hydrogen (secondary N) is 1. The molecule has 0 spiro atoms. The lowest BCUT2D eigenvalue weighted by Crippen LogP contribution is -2.30. The van der Waals surface area contributed by atoms with Crippen molar-refractivity contribution in [2.45, 2.75) is 13.0 Å². The second-order valence-electron chi connectivity index (χ2n) is 6.07. The fourth-order valence-electron chi connectivity index (χ4n) is 2.56. The third-order valence-electron chi connectivity index (χ3n) is 4.05. The maximum atomic E-state index is 12.4. The second-order valence-corrected chi connectivity index (χ2v) is 6.07. The smallest absolute Gasteiger partial charge is 0.339 e. The highest BCUT2D eigenvalue weighted by Crippen LogP contribution is 2.34. The Kier molecular flexibility index (Phi) is 6.23. The first-order chi connectivity index (χ1) is 14.0. The number of ether oxygens (including phenoxy) is 5. The fraction of sp³-hybridized carbons (Fsp3) is 0.238. The van der Waals surface area contributed by atoms with E-state index < -0.39 is 18.0 Å². The summed E-state index contributed by atoms with van der Waals surface area (Å²) in [5, 5.41) is 2.68. The van der Waals surface area contributed by atoms with Crippen molar-refractivity contribution in [3.63, 3.8) is 0 Å². The molecule has 1 aliphatic heterocycles. The molecule has 0 saturated carbocycles. The number of esters is 1. The van der Waals surface area contributed by atoms with Gasteiger partial charge >= 0.3 is 5.97 Å². The summed E-state index contributed by atoms with van der Waals surface area (Å²) in [5.41, 5.74) is 0.739. The van der Waals surface area contributed by atoms with Crippen molar-refractivity contribution in [2.75, 3.05) is 25.8 Å². The van der Waals surface area contributed by atoms with Crippen LogP contribution in [0.4, 0.5) is 5.69 Å². The molecule has 1 heterocycles. The average molecular weight is 399 g/mol. The minimum atomic E-state index is -1.02. The van der Waals surface area contributed by atoms with E-state index in [1.165, 1.54) is 26.2 Å². The molecule has 152 valence electrons. The van der Waals surface area contributed by atoms with Crippen LogP contribution in [-0.2, 0) is 9.53 Å². The molecule has 2 aromatic carbocycles. The SMILES string of the molecule is C=CCOc1ccc(C(=O)OC(C)C(=O)Nc2ccc3c(c2)OCO3)cc1OC. The Labute approximate surface area is 168 Å². The number of methoxy groups -OCH3 is 1. The van der Waals surface area contributed by atoms with Crippen molar-refractivity contribution >= 4 is 17.6 Å². The summed E-state index contributed by atoms with van der Waals surface area (Å²) in [6.07, 6.45) is 0.581. The Bertz CT molecular complexity index is 925. The number of hydrogen-bond acceptors (Lipinski definition) is 7. The molecular weight excluding hydrogens is 378 g/mol. The van der Waals surface area contributed by atoms with Crippen LogP contribution in [0.15, 0.2) is 49.1 Å². The van der Waals surface area contributed by atoms with Crippen molar-refractivity contribution in [3.8, 4) is 23.0 Å². The van der Waals surface area contributed by atoms with Crippen LogP contribution in [0.2, 0.25) is 0 Å². The zero-order valence-corrected chi connectivity index (χ0v) is 16.1. The van der Waals surface area contributed by atoms with Gasteiger partial charge in [0.15, 0.2) is 29.1 Å². The molecule has 1 N–H and O–H groups in total. The molecule has 0 bridgehead atoms. The molecule has 0 saturated heterocycles. The Hall–Kier alpha value is -3.68. The van der Waals surface area contributed by atoms with Gasteiger partial charge < -0.3 is 29.0 Å². The lowest BCUT2D eigenvalue weighted by Gasteiger charge is -2.15. The molecule has 0 aromatic heterocycles. The predicted octanol–water partition coefficient (Wildman–Crippen LogP) is 3.17. The van der Waals surface area contributed by atoms with Gasteiger partial charge in [-0.15, -0.1) is 0 Å². The van der Waals surface area contributed by atoms with Gasteiger partial charge in [-0.25, -0.2) is 4.79 Å². The van der Waals surface area contributed by atoms with Gasteiger partial charge in [0.25, 0.3) is 5.91 Å². The van der Waals surface area contributed by atoms with Gasteiger partial charge in [0.05, 0.1) is 12.7 Å². The first kappa shape index (κ1) is 20.1. The van der Waals surface area contributed by atoms with Crippen LogP contribution >= 0.6 is 0 Å². The minimum Gasteiger partial charge on any atom is -0.493 e. The average Bonchev–Trinajstić information content (AvgIpc) is 3.19. The van der Waals surface area contributed by atoms with Crippen LogP contribution in [-0.4, -0.2) is 38.5 Å². The molecule has 1 atom stereocenters. The van der Waals surface area contributed by atoms with Gasteiger partial charge in [-0.1, -0.05) is 12.7 Å². The van der Waals surface area contributed by atoms with E-state index in [2.05, 4.69) is 11.9 Å². The highest BCUT2D eigenvalue weighted by atomic mass is 16.7. The standard InChI is InChI=1S/C21H21NO7/c1-4-9-26-16-7-5-14(10-18(16)25-3)21(24)29-13(2)20(23)22-15-6-8-17-19(11-15)28-12-27-17/h4-8,10-11,13H,1,9,12H2,2-3H3,(H,22,23). The topological polar surface area (TPSA) is 92.3 Å². The van der Waals surface area contributed by atoms with Crippen LogP contribution in [0.1, 0.15) is 17.3 Å². The van der Waals surface area contributed by atoms with Crippen molar-refractivity contribution in [1.29, 1.82) is 0 Å². The largest absolute Gasteiger partial charge is 0.493 e. The Morgan fingerprint density at radius 3 is 2.72 bits per heavy atom. The summed E-state index contributed by atoms with van der Waals surface area (Å²) < 4.78 is 26.4. The van der Waals surface area contributed by atoms with Gasteiger partial charge in [0.1, 0.15) is 6.61 Å². The molecule has 1 amide bonds. The molecule has 8 heteroatoms. The van der Waals surface area contributed by atoms with Crippen LogP contribution in [0.3, 0.4) is 0 Å². The van der Waals surface area contributed by atoms with E-state index in [1.807, 2.05) is 0 Å². The summed E-state index contributed by atoms with van der Waals surface area (Å²) in [7, 11) is 1.46. The lowest BCUT2D eigenvalue weighted by atomic mass is 10.2. The van der Waals surface area contributed by atoms with Crippen LogP contribution in [0, 0.1) is 0 Å². The van der Waals surface area contributed by atoms with Crippen molar-refractivity contribution in [1.82, 2.24) is 0 Å². The maximum Gasteiger partial charge on any atom is 0.339 e. The van der Waals surface area contributed by atoms with Gasteiger partial charge in [0, 0.05) is 11.8 Å². The second kappa shape index (κ2) is 9.01. The summed E-state index contributed by atoms with van der Waals surface area (Å²) in [6, 6.07) is 9.62. The third-order valence-corrected chi connectivity index (χ3v) is 4.05. The molecule has 0 aliphatic carbocycles. The van der Waals surface area contributed by atoms with E-state index in [4.69, 9.17) is 23.7 Å². The number of carbonyl (C=O) groups excluding carboxylic acids is 2. The van der Waals surface area contributed by atoms with Crippen LogP contribution < -0.4 is 24.3 Å². The summed E-state index contributed by atoms with van der Waals surface area (Å²) >= 11 is 0. The normalized spacial score (nSPS) is 12.6. The molecular formula is C21H21NO7. The van der Waals surface area contributed by atoms with E-state index in [0.29, 0.717) is 35.3 Å². The first-order valence-corrected chi connectivity index (χ1v) is 8.85. The van der Waals surface area contributed by atoms with E-state index in [-0.39, 0.29) is 12.4 Å². The number of rotatable bonds is 8. The number of hydrogen-bond donors (Lipinski definition) is 1. The van der Waals surface area contributed by atoms with E-state index in [0.717, 1.165) is 0 Å². The van der Waals surface area contributed by atoms with E-state index in [9.17, 15) is 9.59 Å². The highest BCUT2D eigenvalue weighted by molar-refractivity contribution is 5.97. The van der Waals surface area contributed by atoms with Gasteiger partial charge in [0.2, 0.25) is 6.79 Å². The molecule has 0 radical (unpaired) electrons. The van der Waals surface area contributed by atoms with E-state index >= 15 is 0 Å². The molecule has 1 aliphatic rings. The highest BCUT2D eigenvalue weighted by Gasteiger charge is 2.21. The Morgan fingerprint density at radius 2 is 1.97 bits per heavy atom. The quantitative estimate of drug-likeness (QED) is 0.538. The molecule has 8 nitrogen and oxygen atoms in total. The number of anilines is 1. The number of fused-ring (bicyclic) bond motifs is 1. The van der Waals surface area contributed by atoms with Crippen LogP contribution in [0.25, 0.3) is 0 Å². The lowest BCUT2D eigenvalue weighted by molar-refractivity contribution is -0.123. The van der Waals surface area contributed by atoms with Gasteiger partial charge in [-0.3, -0.25) is 4.79 Å². The number of amides is 1. The fourth-order valence-corrected chi connectivity index (χ4v) is 2.56. The molecule has 0 fully saturated rings. The zero-order chi connectivity index (χ0) is 20.8. The molecule has 29 heavy (non-hydrogen) atoms. The van der Waals surface area contributed by atoms with Crippen molar-refractivity contribution in [2.24, 2.45) is 0 Å². The van der Waals surface area contributed by atoms with Crippen LogP contribution in [0.5, 0.6) is 23.0 Å². The third kappa shape index (κ3) is 4.78. The first-order valence-electron chi connectivity index (χ1n) is 8.85. The minimum absolute atomic E-state index is 0.141. The van der Waals surface area contributed by atoms with Gasteiger partial charge in [-0.05, 0) is 37.3 Å². The van der Waals surface area contributed by atoms with E-state index in [1.54, 1.807) is 30.3 Å². The Balaban J connectivity index is 1.62. The molecule has 2 aromatic rings. The molecule has 3 rings (SSSR count). The summed E-state index contributed by atoms with van der Waals surface area (Å²) in [4.78, 5) is 24.8. The molecule has 1 unspecified atom stereocenters. The maximum absolute atomic E-state index is 12.4. The van der Waals surface area contributed by atoms with Crippen molar-refractivity contribution in [3.05, 3.63) is 54.6 Å². The monoisotopic (exact) mass is 399 g/mol. The number of benzene rings is 2. The predicted molar refractivity (Wildman–Crippen MR) is 105 cm³/mol. The number of carbonyl (C=O) groups is 2. The summed E-state index contributed by atoms with van der Waals surface area (Å²) in [6.45, 7) is 5.51. The summed E-state index contributed by atoms with van der Waals surface area (Å²) in [5.74, 6) is 0.855. The Morgan fingerprint density at radius 1 is 1.17 bits per heavy atom. The zero-order valence-electron chi connectivity index (χ0n) is 16.1. The van der Waals surface area contributed by atoms with Gasteiger partial charge in [-0.2, -0.15) is 0 Å².